The molecule has 1 aromatic rings. The number of carbonyl (C=O) groups excluding carboxylic acids is 2. The average Bonchev–Trinajstić information content (AvgIpc) is 3.19. The maximum Gasteiger partial charge on any atom is 0.317 e. The van der Waals surface area contributed by atoms with E-state index in [2.05, 4.69) is 10.6 Å². The van der Waals surface area contributed by atoms with E-state index in [1.165, 1.54) is 0 Å². The lowest BCUT2D eigenvalue weighted by molar-refractivity contribution is -0.149. The van der Waals surface area contributed by atoms with Crippen LogP contribution in [-0.4, -0.2) is 47.5 Å². The minimum absolute atomic E-state index is 0.0471. The number of likely N-dealkylation sites (tertiary alicyclic amines) is 1. The van der Waals surface area contributed by atoms with Crippen molar-refractivity contribution in [3.05, 3.63) is 29.3 Å². The summed E-state index contributed by atoms with van der Waals surface area (Å²) in [6.07, 6.45) is 3.20. The number of nitrogens with one attached hydrogen (secondary N) is 2. The molecule has 0 bridgehead atoms. The van der Waals surface area contributed by atoms with Gasteiger partial charge in [-0.05, 0) is 49.4 Å². The molecule has 0 aromatic heterocycles. The lowest BCUT2D eigenvalue weighted by atomic mass is 9.81. The van der Waals surface area contributed by atoms with Gasteiger partial charge in [0.1, 0.15) is 0 Å². The number of hydrogen-bond donors (Lipinski definition) is 3. The van der Waals surface area contributed by atoms with E-state index in [0.29, 0.717) is 36.6 Å². The monoisotopic (exact) mass is 393 g/mol. The summed E-state index contributed by atoms with van der Waals surface area (Å²) in [4.78, 5) is 37.5. The first-order chi connectivity index (χ1) is 12.9. The van der Waals surface area contributed by atoms with Gasteiger partial charge in [0.25, 0.3) is 0 Å². The summed E-state index contributed by atoms with van der Waals surface area (Å²) in [6, 6.07) is 6.61. The van der Waals surface area contributed by atoms with E-state index in [1.807, 2.05) is 0 Å². The first-order valence-corrected chi connectivity index (χ1v) is 9.60. The van der Waals surface area contributed by atoms with Crippen molar-refractivity contribution in [1.29, 1.82) is 0 Å². The van der Waals surface area contributed by atoms with Crippen LogP contribution in [0, 0.1) is 11.3 Å². The van der Waals surface area contributed by atoms with Gasteiger partial charge in [-0.25, -0.2) is 4.79 Å². The fraction of sp³-hybridized carbons (Fsp3) is 0.526. The molecule has 0 unspecified atom stereocenters. The third-order valence-corrected chi connectivity index (χ3v) is 5.82. The predicted octanol–water partition coefficient (Wildman–Crippen LogP) is 2.96. The lowest BCUT2D eigenvalue weighted by Crippen LogP contribution is -2.42. The molecular formula is C19H24ClN3O4. The molecule has 3 rings (SSSR count). The number of nitrogens with zero attached hydrogens (tertiary/aromatic N) is 1. The van der Waals surface area contributed by atoms with Crippen molar-refractivity contribution >= 4 is 35.2 Å². The molecule has 1 saturated heterocycles. The van der Waals surface area contributed by atoms with Crippen molar-refractivity contribution < 1.29 is 19.5 Å². The normalized spacial score (nSPS) is 23.7. The predicted molar refractivity (Wildman–Crippen MR) is 102 cm³/mol. The zero-order chi connectivity index (χ0) is 19.4. The SMILES string of the molecule is O=C(CCCNC(=O)N1C[C@@H]2CCC[C@@]2(C(=O)O)C1)Nc1ccc(Cl)cc1. The summed E-state index contributed by atoms with van der Waals surface area (Å²) in [5.41, 5.74) is -0.0912. The average molecular weight is 394 g/mol. The highest BCUT2D eigenvalue weighted by molar-refractivity contribution is 6.30. The second kappa shape index (κ2) is 8.17. The molecule has 1 aliphatic heterocycles. The highest BCUT2D eigenvalue weighted by Gasteiger charge is 2.55. The second-order valence-electron chi connectivity index (χ2n) is 7.32. The standard InChI is InChI=1S/C19H24ClN3O4/c20-14-5-7-15(8-6-14)22-16(24)4-2-10-21-18(27)23-11-13-3-1-9-19(13,12-23)17(25)26/h5-8,13H,1-4,9-12H2,(H,21,27)(H,22,24)(H,25,26)/t13-,19+/m0/s1. The molecule has 0 radical (unpaired) electrons. The van der Waals surface area contributed by atoms with Crippen LogP contribution in [0.25, 0.3) is 0 Å². The van der Waals surface area contributed by atoms with Crippen LogP contribution < -0.4 is 10.6 Å². The van der Waals surface area contributed by atoms with E-state index < -0.39 is 11.4 Å². The van der Waals surface area contributed by atoms with Crippen LogP contribution >= 0.6 is 11.6 Å². The Kier molecular flexibility index (Phi) is 5.89. The molecule has 146 valence electrons. The van der Waals surface area contributed by atoms with Gasteiger partial charge in [-0.15, -0.1) is 0 Å². The molecule has 0 spiro atoms. The Morgan fingerprint density at radius 2 is 2.00 bits per heavy atom. The van der Waals surface area contributed by atoms with E-state index >= 15 is 0 Å². The summed E-state index contributed by atoms with van der Waals surface area (Å²) >= 11 is 5.80. The first-order valence-electron chi connectivity index (χ1n) is 9.22. The van der Waals surface area contributed by atoms with Gasteiger partial charge in [0.15, 0.2) is 0 Å². The number of hydrogen-bond acceptors (Lipinski definition) is 3. The molecule has 3 amide bonds. The van der Waals surface area contributed by atoms with Crippen LogP contribution in [-0.2, 0) is 9.59 Å². The molecule has 1 saturated carbocycles. The number of amides is 3. The quantitative estimate of drug-likeness (QED) is 0.647. The topological polar surface area (TPSA) is 98.7 Å². The summed E-state index contributed by atoms with van der Waals surface area (Å²) in [5.74, 6) is -0.878. The van der Waals surface area contributed by atoms with Gasteiger partial charge in [-0.3, -0.25) is 9.59 Å². The number of fused-ring (bicyclic) bond motifs is 1. The Hall–Kier alpha value is -2.28. The van der Waals surface area contributed by atoms with E-state index in [1.54, 1.807) is 29.2 Å². The summed E-state index contributed by atoms with van der Waals surface area (Å²) < 4.78 is 0. The summed E-state index contributed by atoms with van der Waals surface area (Å²) in [6.45, 7) is 1.14. The van der Waals surface area contributed by atoms with Gasteiger partial charge < -0.3 is 20.6 Å². The van der Waals surface area contributed by atoms with Gasteiger partial charge in [-0.2, -0.15) is 0 Å². The van der Waals surface area contributed by atoms with Crippen LogP contribution in [0.3, 0.4) is 0 Å². The third-order valence-electron chi connectivity index (χ3n) is 5.57. The Labute approximate surface area is 163 Å². The van der Waals surface area contributed by atoms with Gasteiger partial charge in [0, 0.05) is 36.8 Å². The van der Waals surface area contributed by atoms with E-state index in [4.69, 9.17) is 11.6 Å². The van der Waals surface area contributed by atoms with Crippen molar-refractivity contribution in [2.24, 2.45) is 11.3 Å². The molecule has 2 fully saturated rings. The number of benzene rings is 1. The van der Waals surface area contributed by atoms with E-state index in [0.717, 1.165) is 12.8 Å². The Bertz CT molecular complexity index is 724. The molecule has 1 aliphatic carbocycles. The molecule has 8 heteroatoms. The number of carboxylic acid groups (broad SMARTS) is 1. The van der Waals surface area contributed by atoms with Crippen LogP contribution in [0.5, 0.6) is 0 Å². The maximum atomic E-state index is 12.3. The van der Waals surface area contributed by atoms with Crippen LogP contribution in [0.2, 0.25) is 5.02 Å². The Morgan fingerprint density at radius 1 is 1.26 bits per heavy atom. The van der Waals surface area contributed by atoms with Gasteiger partial charge >= 0.3 is 12.0 Å². The van der Waals surface area contributed by atoms with Gasteiger partial charge in [0.2, 0.25) is 5.91 Å². The number of carbonyl (C=O) groups is 3. The highest BCUT2D eigenvalue weighted by atomic mass is 35.5. The largest absolute Gasteiger partial charge is 0.481 e. The van der Waals surface area contributed by atoms with Crippen molar-refractivity contribution in [3.63, 3.8) is 0 Å². The van der Waals surface area contributed by atoms with E-state index in [-0.39, 0.29) is 30.8 Å². The fourth-order valence-corrected chi connectivity index (χ4v) is 4.23. The Morgan fingerprint density at radius 3 is 2.67 bits per heavy atom. The number of halogens is 1. The van der Waals surface area contributed by atoms with E-state index in [9.17, 15) is 19.5 Å². The molecule has 2 atom stereocenters. The van der Waals surface area contributed by atoms with Gasteiger partial charge in [-0.1, -0.05) is 18.0 Å². The number of aliphatic carboxylic acids is 1. The molecule has 27 heavy (non-hydrogen) atoms. The molecular weight excluding hydrogens is 370 g/mol. The number of rotatable bonds is 6. The molecule has 1 aromatic carbocycles. The zero-order valence-electron chi connectivity index (χ0n) is 15.0. The summed E-state index contributed by atoms with van der Waals surface area (Å²) in [5, 5.41) is 15.7. The zero-order valence-corrected chi connectivity index (χ0v) is 15.8. The fourth-order valence-electron chi connectivity index (χ4n) is 4.11. The molecule has 3 N–H and O–H groups in total. The lowest BCUT2D eigenvalue weighted by Gasteiger charge is -2.23. The number of carboxylic acids is 1. The highest BCUT2D eigenvalue weighted by Crippen LogP contribution is 2.48. The number of anilines is 1. The summed E-state index contributed by atoms with van der Waals surface area (Å²) in [7, 11) is 0. The van der Waals surface area contributed by atoms with Crippen molar-refractivity contribution in [3.8, 4) is 0 Å². The Balaban J connectivity index is 1.38. The molecule has 2 aliphatic rings. The smallest absolute Gasteiger partial charge is 0.317 e. The van der Waals surface area contributed by atoms with Crippen molar-refractivity contribution in [1.82, 2.24) is 10.2 Å². The van der Waals surface area contributed by atoms with Crippen LogP contribution in [0.4, 0.5) is 10.5 Å². The minimum Gasteiger partial charge on any atom is -0.481 e. The minimum atomic E-state index is -0.792. The molecule has 7 nitrogen and oxygen atoms in total. The second-order valence-corrected chi connectivity index (χ2v) is 7.76. The van der Waals surface area contributed by atoms with Crippen LogP contribution in [0.15, 0.2) is 24.3 Å². The third kappa shape index (κ3) is 4.35. The van der Waals surface area contributed by atoms with Crippen molar-refractivity contribution in [2.75, 3.05) is 25.0 Å². The van der Waals surface area contributed by atoms with Crippen molar-refractivity contribution in [2.45, 2.75) is 32.1 Å². The first kappa shape index (κ1) is 19.5. The number of urea groups is 1. The van der Waals surface area contributed by atoms with Crippen LogP contribution in [0.1, 0.15) is 32.1 Å². The molecule has 1 heterocycles. The maximum absolute atomic E-state index is 12.3. The van der Waals surface area contributed by atoms with Gasteiger partial charge in [0.05, 0.1) is 5.41 Å².